The predicted molar refractivity (Wildman–Crippen MR) is 223 cm³/mol. The van der Waals surface area contributed by atoms with Crippen LogP contribution in [0.4, 0.5) is 11.4 Å². The average Bonchev–Trinajstić information content (AvgIpc) is 3.81. The van der Waals surface area contributed by atoms with Gasteiger partial charge in [-0.25, -0.2) is 4.98 Å². The molecule has 13 nitrogen and oxygen atoms in total. The van der Waals surface area contributed by atoms with Crippen LogP contribution >= 0.6 is 0 Å². The third-order valence-electron chi connectivity index (χ3n) is 9.71. The number of nitriles is 1. The number of benzene rings is 5. The first kappa shape index (κ1) is 39.5. The first-order valence-corrected chi connectivity index (χ1v) is 18.6. The van der Waals surface area contributed by atoms with Crippen LogP contribution in [0.15, 0.2) is 137 Å². The Morgan fingerprint density at radius 2 is 1.51 bits per heavy atom. The number of hydrogen-bond acceptors (Lipinski definition) is 10. The van der Waals surface area contributed by atoms with E-state index in [9.17, 15) is 19.6 Å². The molecule has 0 saturated carbocycles. The molecular weight excluding hydrogens is 749 g/mol. The third kappa shape index (κ3) is 9.31. The van der Waals surface area contributed by atoms with Gasteiger partial charge in [0.15, 0.2) is 22.7 Å². The summed E-state index contributed by atoms with van der Waals surface area (Å²) in [4.78, 5) is 46.4. The Morgan fingerprint density at radius 3 is 2.24 bits per heavy atom. The molecule has 0 atom stereocenters. The van der Waals surface area contributed by atoms with Gasteiger partial charge in [-0.05, 0) is 77.7 Å². The first-order chi connectivity index (χ1) is 28.7. The van der Waals surface area contributed by atoms with Crippen molar-refractivity contribution >= 4 is 34.2 Å². The Balaban J connectivity index is 1.07. The number of imidazole rings is 1. The number of carbonyl (C=O) groups excluding carboxylic acids is 2. The molecule has 0 radical (unpaired) electrons. The fraction of sp³-hybridized carbons (Fsp3) is 0.152. The molecule has 5 aromatic carbocycles. The summed E-state index contributed by atoms with van der Waals surface area (Å²) in [5.74, 6) is -0.375. The minimum Gasteiger partial charge on any atom is -0.495 e. The standard InChI is InChI=1S/C46H40N6O7/c1-56-40-16-13-32(21-33(40)26-47)28-51(27-31-7-6-8-35(22-31)52-20-18-48-29-52)19-17-30-11-14-34(15-12-30)49-45(54)37-23-42(57-2)43(58-3)24-38(37)50-46(55)44-25-39(53)36-9-4-5-10-41(36)59-44/h4-16,18,20-25,29H,17,19,27-28H2,1-3H3,(H,49,54)(H,50,55). The summed E-state index contributed by atoms with van der Waals surface area (Å²) in [6.45, 7) is 1.95. The second kappa shape index (κ2) is 18.1. The summed E-state index contributed by atoms with van der Waals surface area (Å²) >= 11 is 0. The van der Waals surface area contributed by atoms with E-state index in [0.717, 1.165) is 28.4 Å². The highest BCUT2D eigenvalue weighted by molar-refractivity contribution is 6.12. The van der Waals surface area contributed by atoms with Gasteiger partial charge in [-0.15, -0.1) is 0 Å². The van der Waals surface area contributed by atoms with E-state index in [2.05, 4.69) is 38.7 Å². The summed E-state index contributed by atoms with van der Waals surface area (Å²) in [5, 5.41) is 15.7. The molecule has 0 bridgehead atoms. The maximum absolute atomic E-state index is 13.8. The lowest BCUT2D eigenvalue weighted by atomic mass is 10.1. The molecule has 0 fully saturated rings. The Hall–Kier alpha value is -7.69. The number of rotatable bonds is 15. The van der Waals surface area contributed by atoms with Crippen molar-refractivity contribution in [1.82, 2.24) is 14.5 Å². The Labute approximate surface area is 340 Å². The monoisotopic (exact) mass is 788 g/mol. The van der Waals surface area contributed by atoms with Crippen LogP contribution in [0.2, 0.25) is 0 Å². The number of hydrogen-bond donors (Lipinski definition) is 2. The molecule has 296 valence electrons. The topological polar surface area (TPSA) is 161 Å². The van der Waals surface area contributed by atoms with Gasteiger partial charge in [-0.3, -0.25) is 19.3 Å². The van der Waals surface area contributed by atoms with Crippen LogP contribution in [0.25, 0.3) is 16.7 Å². The molecule has 0 aliphatic rings. The zero-order chi connectivity index (χ0) is 41.3. The van der Waals surface area contributed by atoms with Crippen molar-refractivity contribution < 1.29 is 28.2 Å². The van der Waals surface area contributed by atoms with Crippen molar-refractivity contribution in [3.63, 3.8) is 0 Å². The summed E-state index contributed by atoms with van der Waals surface area (Å²) in [6, 6.07) is 34.4. The Bertz CT molecular complexity index is 2720. The predicted octanol–water partition coefficient (Wildman–Crippen LogP) is 7.63. The number of nitrogens with zero attached hydrogens (tertiary/aromatic N) is 4. The molecule has 0 spiro atoms. The maximum atomic E-state index is 13.8. The molecule has 2 heterocycles. The summed E-state index contributed by atoms with van der Waals surface area (Å²) < 4.78 is 24.0. The van der Waals surface area contributed by atoms with E-state index in [1.165, 1.54) is 26.4 Å². The number of fused-ring (bicyclic) bond motifs is 1. The lowest BCUT2D eigenvalue weighted by Crippen LogP contribution is -2.25. The second-order valence-corrected chi connectivity index (χ2v) is 13.6. The minimum absolute atomic E-state index is 0.0917. The molecule has 0 saturated heterocycles. The summed E-state index contributed by atoms with van der Waals surface area (Å²) in [5.41, 5.74) is 5.26. The van der Waals surface area contributed by atoms with E-state index in [0.29, 0.717) is 48.4 Å². The van der Waals surface area contributed by atoms with Crippen LogP contribution in [-0.4, -0.2) is 54.1 Å². The largest absolute Gasteiger partial charge is 0.495 e. The van der Waals surface area contributed by atoms with Crippen molar-refractivity contribution in [2.75, 3.05) is 38.5 Å². The van der Waals surface area contributed by atoms with Crippen LogP contribution in [0.3, 0.4) is 0 Å². The number of carbonyl (C=O) groups is 2. The van der Waals surface area contributed by atoms with Gasteiger partial charge in [-0.2, -0.15) is 5.26 Å². The smallest absolute Gasteiger partial charge is 0.291 e. The fourth-order valence-corrected chi connectivity index (χ4v) is 6.71. The normalized spacial score (nSPS) is 10.9. The lowest BCUT2D eigenvalue weighted by molar-refractivity contribution is 0.0997. The van der Waals surface area contributed by atoms with E-state index < -0.39 is 11.8 Å². The van der Waals surface area contributed by atoms with Crippen LogP contribution in [0, 0.1) is 11.3 Å². The molecular formula is C46H40N6O7. The van der Waals surface area contributed by atoms with Gasteiger partial charge in [0.1, 0.15) is 17.4 Å². The number of anilines is 2. The number of methoxy groups -OCH3 is 3. The van der Waals surface area contributed by atoms with Crippen molar-refractivity contribution in [2.45, 2.75) is 19.5 Å². The van der Waals surface area contributed by atoms with Crippen molar-refractivity contribution in [3.05, 3.63) is 172 Å². The minimum atomic E-state index is -0.726. The van der Waals surface area contributed by atoms with Crippen molar-refractivity contribution in [2.24, 2.45) is 0 Å². The fourth-order valence-electron chi connectivity index (χ4n) is 6.71. The number of amides is 2. The van der Waals surface area contributed by atoms with Gasteiger partial charge in [0.25, 0.3) is 11.8 Å². The van der Waals surface area contributed by atoms with E-state index in [4.69, 9.17) is 18.6 Å². The van der Waals surface area contributed by atoms with Gasteiger partial charge in [-0.1, -0.05) is 42.5 Å². The van der Waals surface area contributed by atoms with Crippen molar-refractivity contribution in [3.8, 4) is 29.0 Å². The summed E-state index contributed by atoms with van der Waals surface area (Å²) in [6.07, 6.45) is 6.12. The van der Waals surface area contributed by atoms with Crippen LogP contribution in [0.5, 0.6) is 17.2 Å². The molecule has 0 unspecified atom stereocenters. The number of para-hydroxylation sites is 1. The van der Waals surface area contributed by atoms with E-state index in [1.54, 1.807) is 43.9 Å². The highest BCUT2D eigenvalue weighted by Crippen LogP contribution is 2.34. The molecule has 2 N–H and O–H groups in total. The average molecular weight is 789 g/mol. The summed E-state index contributed by atoms with van der Waals surface area (Å²) in [7, 11) is 4.44. The molecule has 7 rings (SSSR count). The first-order valence-electron chi connectivity index (χ1n) is 18.6. The third-order valence-corrected chi connectivity index (χ3v) is 9.71. The van der Waals surface area contributed by atoms with Crippen LogP contribution in [0.1, 0.15) is 43.2 Å². The quantitative estimate of drug-likeness (QED) is 0.106. The second-order valence-electron chi connectivity index (χ2n) is 13.6. The van der Waals surface area contributed by atoms with Gasteiger partial charge < -0.3 is 33.8 Å². The molecule has 0 aliphatic heterocycles. The Kier molecular flexibility index (Phi) is 12.1. The molecule has 59 heavy (non-hydrogen) atoms. The molecule has 2 amide bonds. The Morgan fingerprint density at radius 1 is 0.780 bits per heavy atom. The van der Waals surface area contributed by atoms with Gasteiger partial charge in [0, 0.05) is 55.5 Å². The number of ether oxygens (including phenoxy) is 3. The zero-order valence-corrected chi connectivity index (χ0v) is 32.6. The molecule has 7 aromatic rings. The molecule has 13 heteroatoms. The van der Waals surface area contributed by atoms with Gasteiger partial charge in [0.05, 0.1) is 49.9 Å². The number of aromatic nitrogens is 2. The van der Waals surface area contributed by atoms with E-state index in [-0.39, 0.29) is 39.5 Å². The van der Waals surface area contributed by atoms with Gasteiger partial charge in [0.2, 0.25) is 0 Å². The SMILES string of the molecule is COc1ccc(CN(CCc2ccc(NC(=O)c3cc(OC)c(OC)cc3NC(=O)c3cc(=O)c4ccccc4o3)cc2)Cc2cccc(-n3ccnc3)c2)cc1C#N. The molecule has 2 aromatic heterocycles. The maximum Gasteiger partial charge on any atom is 0.291 e. The van der Waals surface area contributed by atoms with E-state index >= 15 is 0 Å². The zero-order valence-electron chi connectivity index (χ0n) is 32.6. The highest BCUT2D eigenvalue weighted by atomic mass is 16.5. The molecule has 0 aliphatic carbocycles. The number of nitrogens with one attached hydrogen (secondary N) is 2. The van der Waals surface area contributed by atoms with Crippen LogP contribution in [-0.2, 0) is 19.5 Å². The lowest BCUT2D eigenvalue weighted by Gasteiger charge is -2.23. The van der Waals surface area contributed by atoms with Crippen LogP contribution < -0.4 is 30.3 Å². The highest BCUT2D eigenvalue weighted by Gasteiger charge is 2.21. The van der Waals surface area contributed by atoms with Gasteiger partial charge >= 0.3 is 0 Å². The van der Waals surface area contributed by atoms with E-state index in [1.807, 2.05) is 65.4 Å². The van der Waals surface area contributed by atoms with Crippen molar-refractivity contribution in [1.29, 1.82) is 5.26 Å².